The highest BCUT2D eigenvalue weighted by molar-refractivity contribution is 9.10. The van der Waals surface area contributed by atoms with Crippen LogP contribution in [-0.2, 0) is 16.0 Å². The summed E-state index contributed by atoms with van der Waals surface area (Å²) in [6.07, 6.45) is 2.36. The average Bonchev–Trinajstić information content (AvgIpc) is 3.68. The molecule has 7 nitrogen and oxygen atoms in total. The number of fused-ring (bicyclic) bond motifs is 1. The summed E-state index contributed by atoms with van der Waals surface area (Å²) in [5, 5.41) is 5.60. The maximum absolute atomic E-state index is 13.5. The minimum atomic E-state index is -0.511. The van der Waals surface area contributed by atoms with Gasteiger partial charge in [-0.3, -0.25) is 14.4 Å². The molecule has 0 aliphatic carbocycles. The average molecular weight is 693 g/mol. The van der Waals surface area contributed by atoms with Gasteiger partial charge in [-0.1, -0.05) is 64.5 Å². The van der Waals surface area contributed by atoms with Gasteiger partial charge in [0.1, 0.15) is 17.2 Å². The third kappa shape index (κ3) is 7.33. The van der Waals surface area contributed by atoms with Crippen LogP contribution in [0.15, 0.2) is 135 Å². The Labute approximate surface area is 279 Å². The van der Waals surface area contributed by atoms with Gasteiger partial charge in [-0.15, -0.1) is 11.8 Å². The number of thioether (sulfide) groups is 1. The molecule has 2 N–H and O–H groups in total. The Morgan fingerprint density at radius 3 is 2.37 bits per heavy atom. The van der Waals surface area contributed by atoms with E-state index in [2.05, 4.69) is 39.6 Å². The van der Waals surface area contributed by atoms with Gasteiger partial charge in [0.15, 0.2) is 0 Å². The van der Waals surface area contributed by atoms with Crippen LogP contribution >= 0.6 is 27.7 Å². The van der Waals surface area contributed by atoms with E-state index in [9.17, 15) is 14.4 Å². The second-order valence-electron chi connectivity index (χ2n) is 10.8. The van der Waals surface area contributed by atoms with Gasteiger partial charge in [0.05, 0.1) is 5.75 Å². The van der Waals surface area contributed by atoms with Gasteiger partial charge in [0.2, 0.25) is 5.91 Å². The number of anilines is 2. The van der Waals surface area contributed by atoms with Gasteiger partial charge in [-0.25, -0.2) is 0 Å². The largest absolute Gasteiger partial charge is 0.457 e. The highest BCUT2D eigenvalue weighted by Gasteiger charge is 2.30. The summed E-state index contributed by atoms with van der Waals surface area (Å²) in [5.74, 6) is 0.459. The van der Waals surface area contributed by atoms with Crippen LogP contribution in [0, 0.1) is 0 Å². The molecule has 0 bridgehead atoms. The van der Waals surface area contributed by atoms with Crippen LogP contribution < -0.4 is 15.5 Å². The lowest BCUT2D eigenvalue weighted by atomic mass is 10.1. The van der Waals surface area contributed by atoms with E-state index in [4.69, 9.17) is 4.42 Å². The first kappa shape index (κ1) is 31.1. The van der Waals surface area contributed by atoms with E-state index in [1.165, 1.54) is 23.4 Å². The Balaban J connectivity index is 1.14. The van der Waals surface area contributed by atoms with Crippen molar-refractivity contribution in [2.75, 3.05) is 16.0 Å². The maximum atomic E-state index is 13.5. The van der Waals surface area contributed by atoms with Crippen LogP contribution in [0.5, 0.6) is 0 Å². The molecule has 0 saturated heterocycles. The maximum Gasteiger partial charge on any atom is 0.272 e. The summed E-state index contributed by atoms with van der Waals surface area (Å²) in [4.78, 5) is 42.4. The van der Waals surface area contributed by atoms with Gasteiger partial charge in [0, 0.05) is 44.0 Å². The minimum absolute atomic E-state index is 0.0228. The molecular weight excluding hydrogens is 662 g/mol. The van der Waals surface area contributed by atoms with Crippen molar-refractivity contribution in [3.8, 4) is 11.3 Å². The Morgan fingerprint density at radius 1 is 0.891 bits per heavy atom. The second-order valence-corrected chi connectivity index (χ2v) is 12.8. The Hall–Kier alpha value is -4.86. The highest BCUT2D eigenvalue weighted by atomic mass is 79.9. The number of carbonyl (C=O) groups is 3. The summed E-state index contributed by atoms with van der Waals surface area (Å²) in [7, 11) is 0. The van der Waals surface area contributed by atoms with Crippen molar-refractivity contribution in [3.63, 3.8) is 0 Å². The lowest BCUT2D eigenvalue weighted by Crippen LogP contribution is -2.36. The lowest BCUT2D eigenvalue weighted by Gasteiger charge is -2.22. The minimum Gasteiger partial charge on any atom is -0.457 e. The number of hydrogen-bond acceptors (Lipinski definition) is 5. The zero-order valence-electron chi connectivity index (χ0n) is 24.9. The number of para-hydroxylation sites is 1. The van der Waals surface area contributed by atoms with Gasteiger partial charge in [-0.2, -0.15) is 0 Å². The van der Waals surface area contributed by atoms with Gasteiger partial charge in [0.25, 0.3) is 11.8 Å². The molecule has 0 saturated carbocycles. The summed E-state index contributed by atoms with van der Waals surface area (Å²) in [6.45, 7) is 2.07. The van der Waals surface area contributed by atoms with Crippen LogP contribution in [0.3, 0.4) is 0 Å². The molecule has 1 aromatic heterocycles. The van der Waals surface area contributed by atoms with E-state index in [1.54, 1.807) is 42.5 Å². The molecular formula is C37H30BrN3O4S. The number of carbonyl (C=O) groups excluding carboxylic acids is 3. The Morgan fingerprint density at radius 2 is 1.61 bits per heavy atom. The van der Waals surface area contributed by atoms with Crippen molar-refractivity contribution in [3.05, 3.63) is 142 Å². The zero-order chi connectivity index (χ0) is 32.0. The van der Waals surface area contributed by atoms with Crippen molar-refractivity contribution in [2.24, 2.45) is 0 Å². The number of furan rings is 1. The number of halogens is 1. The molecule has 3 amide bonds. The lowest BCUT2D eigenvalue weighted by molar-refractivity contribution is -0.116. The molecule has 0 radical (unpaired) electrons. The predicted molar refractivity (Wildman–Crippen MR) is 187 cm³/mol. The molecule has 0 unspecified atom stereocenters. The quantitative estimate of drug-likeness (QED) is 0.120. The van der Waals surface area contributed by atoms with Crippen molar-refractivity contribution in [1.82, 2.24) is 5.32 Å². The van der Waals surface area contributed by atoms with Gasteiger partial charge < -0.3 is 20.0 Å². The van der Waals surface area contributed by atoms with Crippen molar-refractivity contribution < 1.29 is 18.8 Å². The molecule has 6 rings (SSSR count). The van der Waals surface area contributed by atoms with E-state index >= 15 is 0 Å². The molecule has 46 heavy (non-hydrogen) atoms. The van der Waals surface area contributed by atoms with E-state index in [0.29, 0.717) is 28.5 Å². The van der Waals surface area contributed by atoms with E-state index in [-0.39, 0.29) is 17.6 Å². The number of nitrogens with one attached hydrogen (secondary N) is 2. The Bertz CT molecular complexity index is 1900. The fourth-order valence-electron chi connectivity index (χ4n) is 5.28. The zero-order valence-corrected chi connectivity index (χ0v) is 27.3. The molecule has 0 spiro atoms. The third-order valence-corrected chi connectivity index (χ3v) is 9.05. The van der Waals surface area contributed by atoms with Crippen LogP contribution in [0.4, 0.5) is 11.4 Å². The van der Waals surface area contributed by atoms with E-state index in [1.807, 2.05) is 71.6 Å². The van der Waals surface area contributed by atoms with Crippen molar-refractivity contribution in [1.29, 1.82) is 0 Å². The van der Waals surface area contributed by atoms with Crippen LogP contribution in [0.25, 0.3) is 17.4 Å². The summed E-state index contributed by atoms with van der Waals surface area (Å²) < 4.78 is 6.95. The number of hydrogen-bond donors (Lipinski definition) is 2. The molecule has 230 valence electrons. The first-order valence-electron chi connectivity index (χ1n) is 14.7. The monoisotopic (exact) mass is 691 g/mol. The van der Waals surface area contributed by atoms with E-state index < -0.39 is 11.8 Å². The molecule has 1 atom stereocenters. The predicted octanol–water partition coefficient (Wildman–Crippen LogP) is 8.19. The second kappa shape index (κ2) is 14.1. The normalized spacial score (nSPS) is 14.1. The topological polar surface area (TPSA) is 91.7 Å². The first-order chi connectivity index (χ1) is 22.3. The Kier molecular flexibility index (Phi) is 9.51. The molecule has 5 aromatic rings. The fourth-order valence-corrected chi connectivity index (χ4v) is 6.30. The smallest absolute Gasteiger partial charge is 0.272 e. The molecule has 9 heteroatoms. The molecule has 1 aliphatic heterocycles. The molecule has 0 fully saturated rings. The first-order valence-corrected chi connectivity index (χ1v) is 16.5. The van der Waals surface area contributed by atoms with Gasteiger partial charge >= 0.3 is 0 Å². The number of rotatable bonds is 9. The summed E-state index contributed by atoms with van der Waals surface area (Å²) in [6, 6.07) is 35.3. The molecule has 4 aromatic carbocycles. The number of amides is 3. The number of benzene rings is 4. The fraction of sp³-hybridized carbons (Fsp3) is 0.108. The van der Waals surface area contributed by atoms with Crippen LogP contribution in [-0.4, -0.2) is 29.5 Å². The van der Waals surface area contributed by atoms with Crippen LogP contribution in [0.1, 0.15) is 28.6 Å². The molecule has 1 aliphatic rings. The summed E-state index contributed by atoms with van der Waals surface area (Å²) in [5.41, 5.74) is 4.03. The van der Waals surface area contributed by atoms with Crippen molar-refractivity contribution >= 4 is 62.9 Å². The van der Waals surface area contributed by atoms with E-state index in [0.717, 1.165) is 27.0 Å². The number of nitrogens with zero attached hydrogens (tertiary/aromatic N) is 1. The van der Waals surface area contributed by atoms with Crippen LogP contribution in [0.2, 0.25) is 0 Å². The molecule has 2 heterocycles. The standard InChI is InChI=1S/C37H30BrN3O4S/c1-24-21-27-9-5-6-10-33(27)41(24)35(42)23-46-31-18-15-29(16-19-31)39-37(44)32(40-36(43)26-7-3-2-4-8-26)22-30-17-20-34(45-30)25-11-13-28(38)14-12-25/h2-20,22,24H,21,23H2,1H3,(H,39,44)(H,40,43)/b32-22-/t24-/m1/s1. The van der Waals surface area contributed by atoms with Gasteiger partial charge in [-0.05, 0) is 85.6 Å². The highest BCUT2D eigenvalue weighted by Crippen LogP contribution is 2.33. The SMILES string of the molecule is C[C@@H]1Cc2ccccc2N1C(=O)CSc1ccc(NC(=O)/C(=C/c2ccc(-c3ccc(Br)cc3)o2)NC(=O)c2ccccc2)cc1. The van der Waals surface area contributed by atoms with Crippen molar-refractivity contribution in [2.45, 2.75) is 24.3 Å². The third-order valence-electron chi connectivity index (χ3n) is 7.52. The summed E-state index contributed by atoms with van der Waals surface area (Å²) >= 11 is 4.88.